The van der Waals surface area contributed by atoms with E-state index < -0.39 is 0 Å². The maximum absolute atomic E-state index is 12.4. The maximum atomic E-state index is 12.4. The fourth-order valence-corrected chi connectivity index (χ4v) is 2.53. The fraction of sp³-hybridized carbons (Fsp3) is 0.562. The Kier molecular flexibility index (Phi) is 5.44. The Morgan fingerprint density at radius 3 is 2.76 bits per heavy atom. The normalized spacial score (nSPS) is 18.7. The van der Waals surface area contributed by atoms with E-state index in [4.69, 9.17) is 9.47 Å². The number of nitrogens with one attached hydrogen (secondary N) is 1. The van der Waals surface area contributed by atoms with E-state index in [0.717, 1.165) is 17.9 Å². The monoisotopic (exact) mass is 292 g/mol. The first-order valence-corrected chi connectivity index (χ1v) is 7.39. The van der Waals surface area contributed by atoms with Gasteiger partial charge >= 0.3 is 6.03 Å². The third-order valence-electron chi connectivity index (χ3n) is 3.57. The second-order valence-corrected chi connectivity index (χ2v) is 5.71. The topological polar surface area (TPSA) is 50.8 Å². The molecule has 116 valence electrons. The summed E-state index contributed by atoms with van der Waals surface area (Å²) in [6.45, 7) is 6.18. The quantitative estimate of drug-likeness (QED) is 0.928. The van der Waals surface area contributed by atoms with Gasteiger partial charge in [-0.3, -0.25) is 0 Å². The first kappa shape index (κ1) is 15.6. The van der Waals surface area contributed by atoms with Crippen LogP contribution in [0.4, 0.5) is 10.5 Å². The molecule has 0 aromatic heterocycles. The number of nitrogens with zero attached hydrogens (tertiary/aromatic N) is 1. The third kappa shape index (κ3) is 4.36. The first-order chi connectivity index (χ1) is 10.1. The maximum Gasteiger partial charge on any atom is 0.322 e. The number of methoxy groups -OCH3 is 1. The lowest BCUT2D eigenvalue weighted by Gasteiger charge is -2.36. The molecule has 1 aliphatic rings. The van der Waals surface area contributed by atoms with E-state index in [1.807, 2.05) is 29.2 Å². The molecule has 0 spiro atoms. The van der Waals surface area contributed by atoms with Crippen LogP contribution in [0, 0.1) is 5.92 Å². The molecule has 0 bridgehead atoms. The van der Waals surface area contributed by atoms with Crippen LogP contribution in [-0.4, -0.2) is 43.8 Å². The minimum Gasteiger partial charge on any atom is -0.497 e. The van der Waals surface area contributed by atoms with Crippen LogP contribution in [-0.2, 0) is 4.74 Å². The average molecular weight is 292 g/mol. The number of urea groups is 1. The highest BCUT2D eigenvalue weighted by Crippen LogP contribution is 2.19. The Morgan fingerprint density at radius 1 is 1.43 bits per heavy atom. The molecule has 1 fully saturated rings. The number of anilines is 1. The summed E-state index contributed by atoms with van der Waals surface area (Å²) >= 11 is 0. The molecule has 0 radical (unpaired) electrons. The standard InChI is InChI=1S/C16H24N2O3/c1-12(2)10-14-11-21-9-8-18(14)16(19)17-13-4-6-15(20-3)7-5-13/h4-7,12,14H,8-11H2,1-3H3,(H,17,19). The Morgan fingerprint density at radius 2 is 2.14 bits per heavy atom. The molecule has 21 heavy (non-hydrogen) atoms. The van der Waals surface area contributed by atoms with E-state index in [1.165, 1.54) is 0 Å². The molecule has 1 saturated heterocycles. The van der Waals surface area contributed by atoms with Gasteiger partial charge in [0.25, 0.3) is 0 Å². The lowest BCUT2D eigenvalue weighted by atomic mass is 10.0. The van der Waals surface area contributed by atoms with Crippen LogP contribution < -0.4 is 10.1 Å². The molecule has 1 N–H and O–H groups in total. The van der Waals surface area contributed by atoms with Crippen molar-refractivity contribution < 1.29 is 14.3 Å². The Bertz CT molecular complexity index is 459. The van der Waals surface area contributed by atoms with Crippen LogP contribution in [0.5, 0.6) is 5.75 Å². The van der Waals surface area contributed by atoms with E-state index in [9.17, 15) is 4.79 Å². The largest absolute Gasteiger partial charge is 0.497 e. The van der Waals surface area contributed by atoms with Crippen LogP contribution >= 0.6 is 0 Å². The van der Waals surface area contributed by atoms with E-state index >= 15 is 0 Å². The summed E-state index contributed by atoms with van der Waals surface area (Å²) in [5.74, 6) is 1.31. The van der Waals surface area contributed by atoms with Gasteiger partial charge < -0.3 is 19.7 Å². The molecule has 1 heterocycles. The summed E-state index contributed by atoms with van der Waals surface area (Å²) in [5.41, 5.74) is 0.774. The van der Waals surface area contributed by atoms with Crippen molar-refractivity contribution in [3.8, 4) is 5.75 Å². The van der Waals surface area contributed by atoms with Gasteiger partial charge in [-0.05, 0) is 36.6 Å². The Labute approximate surface area is 126 Å². The molecule has 1 aliphatic heterocycles. The zero-order valence-electron chi connectivity index (χ0n) is 13.0. The number of rotatable bonds is 4. The van der Waals surface area contributed by atoms with Crippen molar-refractivity contribution in [1.29, 1.82) is 0 Å². The van der Waals surface area contributed by atoms with Crippen molar-refractivity contribution >= 4 is 11.7 Å². The van der Waals surface area contributed by atoms with E-state index in [-0.39, 0.29) is 12.1 Å². The summed E-state index contributed by atoms with van der Waals surface area (Å²) in [6.07, 6.45) is 0.954. The van der Waals surface area contributed by atoms with Gasteiger partial charge in [0.05, 0.1) is 26.4 Å². The van der Waals surface area contributed by atoms with Gasteiger partial charge in [0.15, 0.2) is 0 Å². The van der Waals surface area contributed by atoms with Gasteiger partial charge in [-0.15, -0.1) is 0 Å². The van der Waals surface area contributed by atoms with Gasteiger partial charge in [-0.2, -0.15) is 0 Å². The average Bonchev–Trinajstić information content (AvgIpc) is 2.48. The van der Waals surface area contributed by atoms with Crippen LogP contribution in [0.3, 0.4) is 0 Å². The second-order valence-electron chi connectivity index (χ2n) is 5.71. The van der Waals surface area contributed by atoms with Crippen molar-refractivity contribution in [3.05, 3.63) is 24.3 Å². The first-order valence-electron chi connectivity index (χ1n) is 7.39. The van der Waals surface area contributed by atoms with E-state index in [1.54, 1.807) is 7.11 Å². The molecule has 1 unspecified atom stereocenters. The number of carbonyl (C=O) groups excluding carboxylic acids is 1. The van der Waals surface area contributed by atoms with Crippen molar-refractivity contribution in [3.63, 3.8) is 0 Å². The van der Waals surface area contributed by atoms with E-state index in [2.05, 4.69) is 19.2 Å². The number of hydrogen-bond donors (Lipinski definition) is 1. The molecule has 2 rings (SSSR count). The van der Waals surface area contributed by atoms with Crippen molar-refractivity contribution in [2.24, 2.45) is 5.92 Å². The molecular formula is C16H24N2O3. The van der Waals surface area contributed by atoms with Gasteiger partial charge in [0, 0.05) is 12.2 Å². The number of benzene rings is 1. The number of ether oxygens (including phenoxy) is 2. The van der Waals surface area contributed by atoms with Crippen molar-refractivity contribution in [2.45, 2.75) is 26.3 Å². The molecule has 1 aromatic rings. The second kappa shape index (κ2) is 7.31. The number of carbonyl (C=O) groups is 1. The summed E-state index contributed by atoms with van der Waals surface area (Å²) in [7, 11) is 1.62. The highest BCUT2D eigenvalue weighted by atomic mass is 16.5. The van der Waals surface area contributed by atoms with Crippen LogP contribution in [0.2, 0.25) is 0 Å². The summed E-state index contributed by atoms with van der Waals surface area (Å²) in [5, 5.41) is 2.94. The van der Waals surface area contributed by atoms with Gasteiger partial charge in [-0.1, -0.05) is 13.8 Å². The van der Waals surface area contributed by atoms with Gasteiger partial charge in [-0.25, -0.2) is 4.79 Å². The predicted molar refractivity (Wildman–Crippen MR) is 82.8 cm³/mol. The lowest BCUT2D eigenvalue weighted by Crippen LogP contribution is -2.50. The number of morpholine rings is 1. The lowest BCUT2D eigenvalue weighted by molar-refractivity contribution is 0.00857. The smallest absolute Gasteiger partial charge is 0.322 e. The molecule has 2 amide bonds. The highest BCUT2D eigenvalue weighted by molar-refractivity contribution is 5.89. The predicted octanol–water partition coefficient (Wildman–Crippen LogP) is 2.97. The summed E-state index contributed by atoms with van der Waals surface area (Å²) in [6, 6.07) is 7.44. The van der Waals surface area contributed by atoms with Crippen molar-refractivity contribution in [2.75, 3.05) is 32.2 Å². The SMILES string of the molecule is COc1ccc(NC(=O)N2CCOCC2CC(C)C)cc1. The Hall–Kier alpha value is -1.75. The highest BCUT2D eigenvalue weighted by Gasteiger charge is 2.27. The zero-order chi connectivity index (χ0) is 15.2. The molecule has 1 atom stereocenters. The van der Waals surface area contributed by atoms with Gasteiger partial charge in [0.2, 0.25) is 0 Å². The summed E-state index contributed by atoms with van der Waals surface area (Å²) in [4.78, 5) is 14.3. The third-order valence-corrected chi connectivity index (χ3v) is 3.57. The molecule has 5 heteroatoms. The zero-order valence-corrected chi connectivity index (χ0v) is 13.0. The fourth-order valence-electron chi connectivity index (χ4n) is 2.53. The molecule has 0 saturated carbocycles. The number of hydrogen-bond acceptors (Lipinski definition) is 3. The summed E-state index contributed by atoms with van der Waals surface area (Å²) < 4.78 is 10.6. The molecule has 1 aromatic carbocycles. The minimum absolute atomic E-state index is 0.0610. The molecular weight excluding hydrogens is 268 g/mol. The molecule has 0 aliphatic carbocycles. The number of amides is 2. The van der Waals surface area contributed by atoms with Crippen LogP contribution in [0.15, 0.2) is 24.3 Å². The van der Waals surface area contributed by atoms with E-state index in [0.29, 0.717) is 25.7 Å². The Balaban J connectivity index is 1.99. The van der Waals surface area contributed by atoms with Crippen LogP contribution in [0.1, 0.15) is 20.3 Å². The minimum atomic E-state index is -0.0610. The molecule has 5 nitrogen and oxygen atoms in total. The van der Waals surface area contributed by atoms with Gasteiger partial charge in [0.1, 0.15) is 5.75 Å². The van der Waals surface area contributed by atoms with Crippen molar-refractivity contribution in [1.82, 2.24) is 4.90 Å². The van der Waals surface area contributed by atoms with Crippen LogP contribution in [0.25, 0.3) is 0 Å².